The number of piperazine rings is 1. The number of benzene rings is 1. The second-order valence-corrected chi connectivity index (χ2v) is 10.1. The Kier molecular flexibility index (Phi) is 7.78. The van der Waals surface area contributed by atoms with E-state index in [-0.39, 0.29) is 23.6 Å². The third kappa shape index (κ3) is 5.45. The summed E-state index contributed by atoms with van der Waals surface area (Å²) in [6.07, 6.45) is 5.56. The first kappa shape index (κ1) is 26.0. The Morgan fingerprint density at radius 3 is 2.63 bits per heavy atom. The summed E-state index contributed by atoms with van der Waals surface area (Å²) < 4.78 is 7.51. The molecule has 202 valence electrons. The molecule has 2 fully saturated rings. The molecule has 1 aliphatic carbocycles. The molecule has 5 rings (SSSR count). The SMILES string of the molecule is CCC(=O)NC1CCC(n2c(=O)cc(C)c3cnc(Nc4ccc(N5CCNCC5)cc4OC)nc32)CC1. The third-order valence-corrected chi connectivity index (χ3v) is 7.66. The molecule has 2 aromatic heterocycles. The van der Waals surface area contributed by atoms with Crippen molar-refractivity contribution in [2.75, 3.05) is 43.5 Å². The number of nitrogens with one attached hydrogen (secondary N) is 3. The lowest BCUT2D eigenvalue weighted by molar-refractivity contribution is -0.121. The molecule has 38 heavy (non-hydrogen) atoms. The van der Waals surface area contributed by atoms with E-state index in [2.05, 4.69) is 31.9 Å². The lowest BCUT2D eigenvalue weighted by Crippen LogP contribution is -2.43. The number of nitrogens with zero attached hydrogens (tertiary/aromatic N) is 4. The molecule has 2 aliphatic rings. The molecule has 0 atom stereocenters. The maximum atomic E-state index is 13.2. The van der Waals surface area contributed by atoms with E-state index in [9.17, 15) is 9.59 Å². The Morgan fingerprint density at radius 2 is 1.92 bits per heavy atom. The third-order valence-electron chi connectivity index (χ3n) is 7.66. The molecule has 1 saturated heterocycles. The van der Waals surface area contributed by atoms with Crippen LogP contribution in [-0.4, -0.2) is 59.8 Å². The van der Waals surface area contributed by atoms with Crippen LogP contribution in [-0.2, 0) is 4.79 Å². The maximum Gasteiger partial charge on any atom is 0.252 e. The normalized spacial score (nSPS) is 19.8. The summed E-state index contributed by atoms with van der Waals surface area (Å²) in [6.45, 7) is 7.61. The van der Waals surface area contributed by atoms with Crippen molar-refractivity contribution in [2.24, 2.45) is 0 Å². The molecule has 3 aromatic rings. The molecule has 3 N–H and O–H groups in total. The Labute approximate surface area is 222 Å². The van der Waals surface area contributed by atoms with Crippen LogP contribution in [0.5, 0.6) is 5.75 Å². The van der Waals surface area contributed by atoms with Gasteiger partial charge in [0.05, 0.1) is 12.8 Å². The molecule has 10 nitrogen and oxygen atoms in total. The molecular weight excluding hydrogens is 482 g/mol. The topological polar surface area (TPSA) is 113 Å². The molecule has 0 unspecified atom stereocenters. The molecule has 1 saturated carbocycles. The second-order valence-electron chi connectivity index (χ2n) is 10.1. The predicted octanol–water partition coefficient (Wildman–Crippen LogP) is 3.27. The molecule has 3 heterocycles. The van der Waals surface area contributed by atoms with Crippen LogP contribution in [0.4, 0.5) is 17.3 Å². The van der Waals surface area contributed by atoms with Crippen LogP contribution in [0, 0.1) is 6.92 Å². The van der Waals surface area contributed by atoms with Gasteiger partial charge in [0.2, 0.25) is 11.9 Å². The van der Waals surface area contributed by atoms with Gasteiger partial charge in [0.25, 0.3) is 5.56 Å². The Morgan fingerprint density at radius 1 is 1.16 bits per heavy atom. The summed E-state index contributed by atoms with van der Waals surface area (Å²) in [6, 6.07) is 7.95. The molecule has 1 amide bonds. The number of amides is 1. The van der Waals surface area contributed by atoms with Crippen LogP contribution in [0.2, 0.25) is 0 Å². The number of anilines is 3. The summed E-state index contributed by atoms with van der Waals surface area (Å²) in [5.74, 6) is 1.19. The highest BCUT2D eigenvalue weighted by atomic mass is 16.5. The van der Waals surface area contributed by atoms with Crippen molar-refractivity contribution in [3.05, 3.63) is 46.4 Å². The van der Waals surface area contributed by atoms with E-state index in [1.165, 1.54) is 0 Å². The number of methoxy groups -OCH3 is 1. The molecule has 1 aliphatic heterocycles. The highest BCUT2D eigenvalue weighted by Crippen LogP contribution is 2.33. The zero-order chi connectivity index (χ0) is 26.6. The van der Waals surface area contributed by atoms with Crippen molar-refractivity contribution >= 4 is 34.3 Å². The van der Waals surface area contributed by atoms with Crippen molar-refractivity contribution in [3.8, 4) is 5.75 Å². The minimum absolute atomic E-state index is 0.0241. The smallest absolute Gasteiger partial charge is 0.252 e. The van der Waals surface area contributed by atoms with Crippen molar-refractivity contribution in [1.29, 1.82) is 0 Å². The van der Waals surface area contributed by atoms with Crippen LogP contribution >= 0.6 is 0 Å². The first-order chi connectivity index (χ1) is 18.5. The Bertz CT molecular complexity index is 1360. The van der Waals surface area contributed by atoms with Crippen LogP contribution in [0.25, 0.3) is 11.0 Å². The minimum Gasteiger partial charge on any atom is -0.494 e. The zero-order valence-electron chi connectivity index (χ0n) is 22.4. The van der Waals surface area contributed by atoms with Crippen molar-refractivity contribution in [3.63, 3.8) is 0 Å². The molecule has 10 heteroatoms. The first-order valence-corrected chi connectivity index (χ1v) is 13.6. The molecule has 0 spiro atoms. The monoisotopic (exact) mass is 519 g/mol. The van der Waals surface area contributed by atoms with Crippen LogP contribution in [0.15, 0.2) is 35.3 Å². The summed E-state index contributed by atoms with van der Waals surface area (Å²) in [4.78, 5) is 36.8. The zero-order valence-corrected chi connectivity index (χ0v) is 22.4. The van der Waals surface area contributed by atoms with Gasteiger partial charge < -0.3 is 25.6 Å². The Balaban J connectivity index is 1.42. The number of hydrogen-bond donors (Lipinski definition) is 3. The lowest BCUT2D eigenvalue weighted by atomic mass is 9.90. The number of fused-ring (bicyclic) bond motifs is 1. The second kappa shape index (κ2) is 11.4. The summed E-state index contributed by atoms with van der Waals surface area (Å²) in [7, 11) is 1.66. The molecular formula is C28H37N7O3. The number of pyridine rings is 1. The standard InChI is InChI=1S/C28H37N7O3/c1-4-25(36)31-19-5-7-20(8-6-19)35-26(37)15-18(2)22-17-30-28(33-27(22)35)32-23-10-9-21(16-24(23)38-3)34-13-11-29-12-14-34/h9-10,15-17,19-20,29H,4-8,11-14H2,1-3H3,(H,31,36)(H,30,32,33). The summed E-state index contributed by atoms with van der Waals surface area (Å²) in [5.41, 5.74) is 3.31. The van der Waals surface area contributed by atoms with E-state index in [1.807, 2.05) is 30.5 Å². The average Bonchev–Trinajstić information content (AvgIpc) is 2.94. The van der Waals surface area contributed by atoms with Gasteiger partial charge in [-0.25, -0.2) is 4.98 Å². The van der Waals surface area contributed by atoms with Gasteiger partial charge >= 0.3 is 0 Å². The highest BCUT2D eigenvalue weighted by Gasteiger charge is 2.26. The van der Waals surface area contributed by atoms with Gasteiger partial charge in [-0.3, -0.25) is 14.2 Å². The maximum absolute atomic E-state index is 13.2. The predicted molar refractivity (Wildman–Crippen MR) is 150 cm³/mol. The summed E-state index contributed by atoms with van der Waals surface area (Å²) in [5, 5.41) is 10.6. The number of aryl methyl sites for hydroxylation is 1. The number of hydrogen-bond acceptors (Lipinski definition) is 8. The van der Waals surface area contributed by atoms with Gasteiger partial charge in [0.1, 0.15) is 11.4 Å². The van der Waals surface area contributed by atoms with Gasteiger partial charge in [-0.15, -0.1) is 0 Å². The fourth-order valence-electron chi connectivity index (χ4n) is 5.52. The van der Waals surface area contributed by atoms with Gasteiger partial charge in [-0.2, -0.15) is 4.98 Å². The number of ether oxygens (including phenoxy) is 1. The van der Waals surface area contributed by atoms with Crippen LogP contribution in [0.1, 0.15) is 50.6 Å². The quantitative estimate of drug-likeness (QED) is 0.436. The highest BCUT2D eigenvalue weighted by molar-refractivity contribution is 5.80. The van der Waals surface area contributed by atoms with Gasteiger partial charge in [-0.05, 0) is 50.3 Å². The van der Waals surface area contributed by atoms with Gasteiger partial charge in [0.15, 0.2) is 0 Å². The van der Waals surface area contributed by atoms with E-state index < -0.39 is 0 Å². The van der Waals surface area contributed by atoms with Crippen molar-refractivity contribution < 1.29 is 9.53 Å². The molecule has 0 radical (unpaired) electrons. The van der Waals surface area contributed by atoms with Crippen molar-refractivity contribution in [2.45, 2.75) is 58.0 Å². The number of carbonyl (C=O) groups excluding carboxylic acids is 1. The Hall–Kier alpha value is -3.66. The van der Waals surface area contributed by atoms with Crippen LogP contribution < -0.4 is 31.1 Å². The van der Waals surface area contributed by atoms with Crippen LogP contribution in [0.3, 0.4) is 0 Å². The van der Waals surface area contributed by atoms with E-state index in [4.69, 9.17) is 9.72 Å². The number of carbonyl (C=O) groups is 1. The summed E-state index contributed by atoms with van der Waals surface area (Å²) >= 11 is 0. The van der Waals surface area contributed by atoms with E-state index >= 15 is 0 Å². The van der Waals surface area contributed by atoms with E-state index in [0.717, 1.165) is 74.2 Å². The number of rotatable bonds is 7. The minimum atomic E-state index is -0.0568. The largest absolute Gasteiger partial charge is 0.494 e. The van der Waals surface area contributed by atoms with Gasteiger partial charge in [-0.1, -0.05) is 6.92 Å². The van der Waals surface area contributed by atoms with Crippen molar-refractivity contribution in [1.82, 2.24) is 25.2 Å². The fraction of sp³-hybridized carbons (Fsp3) is 0.500. The number of aromatic nitrogens is 3. The first-order valence-electron chi connectivity index (χ1n) is 13.6. The average molecular weight is 520 g/mol. The fourth-order valence-corrected chi connectivity index (χ4v) is 5.52. The van der Waals surface area contributed by atoms with E-state index in [0.29, 0.717) is 23.8 Å². The van der Waals surface area contributed by atoms with Gasteiger partial charge in [0, 0.05) is 74.1 Å². The lowest BCUT2D eigenvalue weighted by Gasteiger charge is -2.31. The molecule has 0 bridgehead atoms. The van der Waals surface area contributed by atoms with E-state index in [1.54, 1.807) is 19.4 Å². The molecule has 1 aromatic carbocycles.